The van der Waals surface area contributed by atoms with Gasteiger partial charge in [0.15, 0.2) is 0 Å². The summed E-state index contributed by atoms with van der Waals surface area (Å²) in [6.45, 7) is 4.09. The molecule has 7 nitrogen and oxygen atoms in total. The van der Waals surface area contributed by atoms with Gasteiger partial charge in [-0.15, -0.1) is 11.3 Å². The third-order valence-electron chi connectivity index (χ3n) is 3.60. The van der Waals surface area contributed by atoms with Crippen LogP contribution in [0.3, 0.4) is 0 Å². The molecule has 130 valence electrons. The van der Waals surface area contributed by atoms with Gasteiger partial charge in [0.1, 0.15) is 0 Å². The molecule has 0 aliphatic rings. The number of nitro groups is 1. The van der Waals surface area contributed by atoms with Crippen LogP contribution in [-0.4, -0.2) is 26.5 Å². The van der Waals surface area contributed by atoms with Crippen molar-refractivity contribution < 1.29 is 9.45 Å². The first-order valence-electron chi connectivity index (χ1n) is 7.59. The van der Waals surface area contributed by atoms with Gasteiger partial charge in [-0.05, 0) is 18.7 Å². The largest absolute Gasteiger partial charge is 0.338 e. The number of thiophene rings is 1. The van der Waals surface area contributed by atoms with Crippen molar-refractivity contribution in [2.24, 2.45) is 0 Å². The molecule has 0 aliphatic heterocycles. The van der Waals surface area contributed by atoms with E-state index in [-0.39, 0.29) is 5.69 Å². The molecular weight excluding hydrogens is 364 g/mol. The average molecular weight is 379 g/mol. The molecule has 3 aromatic rings. The molecule has 0 saturated heterocycles. The third kappa shape index (κ3) is 4.41. The number of non-ortho nitro benzene ring substituents is 1. The monoisotopic (exact) mass is 378 g/mol. The smallest absolute Gasteiger partial charge is 0.270 e. The summed E-state index contributed by atoms with van der Waals surface area (Å²) in [6.07, 6.45) is 0. The average Bonchev–Trinajstić information content (AvgIpc) is 3.23. The highest BCUT2D eigenvalue weighted by molar-refractivity contribution is 7.16. The van der Waals surface area contributed by atoms with Gasteiger partial charge < -0.3 is 4.52 Å². The molecule has 0 unspecified atom stereocenters. The van der Waals surface area contributed by atoms with Gasteiger partial charge in [0.2, 0.25) is 11.7 Å². The van der Waals surface area contributed by atoms with E-state index in [0.29, 0.717) is 23.8 Å². The minimum Gasteiger partial charge on any atom is -0.338 e. The molecule has 0 fully saturated rings. The van der Waals surface area contributed by atoms with Crippen LogP contribution in [0.5, 0.6) is 0 Å². The van der Waals surface area contributed by atoms with E-state index in [2.05, 4.69) is 15.0 Å². The first-order chi connectivity index (χ1) is 12.0. The lowest BCUT2D eigenvalue weighted by atomic mass is 10.2. The Hall–Kier alpha value is -2.29. The molecule has 0 aliphatic carbocycles. The number of rotatable bonds is 7. The summed E-state index contributed by atoms with van der Waals surface area (Å²) in [4.78, 5) is 18.1. The van der Waals surface area contributed by atoms with Crippen molar-refractivity contribution in [3.8, 4) is 11.4 Å². The molecule has 2 aromatic heterocycles. The normalized spacial score (nSPS) is 11.2. The van der Waals surface area contributed by atoms with Crippen LogP contribution in [0.4, 0.5) is 5.69 Å². The molecule has 0 N–H and O–H groups in total. The lowest BCUT2D eigenvalue weighted by Gasteiger charge is -2.16. The Morgan fingerprint density at radius 3 is 2.84 bits per heavy atom. The summed E-state index contributed by atoms with van der Waals surface area (Å²) in [5, 5.41) is 14.8. The van der Waals surface area contributed by atoms with Gasteiger partial charge in [-0.3, -0.25) is 15.0 Å². The number of hydrogen-bond donors (Lipinski definition) is 0. The highest BCUT2D eigenvalue weighted by Crippen LogP contribution is 2.24. The maximum Gasteiger partial charge on any atom is 0.270 e. The van der Waals surface area contributed by atoms with Crippen LogP contribution in [0.25, 0.3) is 11.4 Å². The Bertz CT molecular complexity index is 880. The standard InChI is InChI=1S/C16H15ClN4O3S/c1-2-20(9-13-6-7-14(17)25-13)10-15-18-16(19-24-15)11-4-3-5-12(8-11)21(22)23/h3-8H,2,9-10H2,1H3. The van der Waals surface area contributed by atoms with E-state index < -0.39 is 4.92 Å². The highest BCUT2D eigenvalue weighted by atomic mass is 35.5. The zero-order valence-corrected chi connectivity index (χ0v) is 15.0. The van der Waals surface area contributed by atoms with E-state index in [1.54, 1.807) is 23.5 Å². The summed E-state index contributed by atoms with van der Waals surface area (Å²) in [6, 6.07) is 10.0. The van der Waals surface area contributed by atoms with Gasteiger partial charge in [-0.25, -0.2) is 0 Å². The van der Waals surface area contributed by atoms with E-state index in [9.17, 15) is 10.1 Å². The molecule has 3 rings (SSSR count). The number of hydrogen-bond acceptors (Lipinski definition) is 7. The molecule has 0 bridgehead atoms. The van der Waals surface area contributed by atoms with Crippen molar-refractivity contribution in [1.82, 2.24) is 15.0 Å². The quantitative estimate of drug-likeness (QED) is 0.448. The van der Waals surface area contributed by atoms with Crippen LogP contribution in [0, 0.1) is 10.1 Å². The maximum atomic E-state index is 10.9. The molecule has 1 aromatic carbocycles. The number of nitro benzene ring substituents is 1. The SMILES string of the molecule is CCN(Cc1nc(-c2cccc([N+](=O)[O-])c2)no1)Cc1ccc(Cl)s1. The first-order valence-corrected chi connectivity index (χ1v) is 8.78. The van der Waals surface area contributed by atoms with E-state index in [0.717, 1.165) is 22.3 Å². The van der Waals surface area contributed by atoms with Crippen molar-refractivity contribution in [3.05, 3.63) is 61.6 Å². The molecule has 0 saturated carbocycles. The number of nitrogens with zero attached hydrogens (tertiary/aromatic N) is 4. The second kappa shape index (κ2) is 7.73. The molecule has 25 heavy (non-hydrogen) atoms. The van der Waals surface area contributed by atoms with E-state index >= 15 is 0 Å². The second-order valence-electron chi connectivity index (χ2n) is 5.33. The highest BCUT2D eigenvalue weighted by Gasteiger charge is 2.15. The van der Waals surface area contributed by atoms with Crippen molar-refractivity contribution in [2.75, 3.05) is 6.54 Å². The number of halogens is 1. The first kappa shape index (κ1) is 17.5. The Kier molecular flexibility index (Phi) is 5.42. The Balaban J connectivity index is 1.72. The maximum absolute atomic E-state index is 10.9. The minimum atomic E-state index is -0.449. The van der Waals surface area contributed by atoms with Crippen molar-refractivity contribution >= 4 is 28.6 Å². The van der Waals surface area contributed by atoms with Crippen LogP contribution in [0.2, 0.25) is 4.34 Å². The lowest BCUT2D eigenvalue weighted by molar-refractivity contribution is -0.384. The van der Waals surface area contributed by atoms with E-state index in [1.807, 2.05) is 19.1 Å². The minimum absolute atomic E-state index is 0.00592. The van der Waals surface area contributed by atoms with Crippen LogP contribution in [-0.2, 0) is 13.1 Å². The Morgan fingerprint density at radius 2 is 2.16 bits per heavy atom. The second-order valence-corrected chi connectivity index (χ2v) is 7.13. The number of benzene rings is 1. The lowest BCUT2D eigenvalue weighted by Crippen LogP contribution is -2.21. The van der Waals surface area contributed by atoms with E-state index in [4.69, 9.17) is 16.1 Å². The molecule has 9 heteroatoms. The fourth-order valence-corrected chi connectivity index (χ4v) is 3.45. The molecule has 2 heterocycles. The molecular formula is C16H15ClN4O3S. The fraction of sp³-hybridized carbons (Fsp3) is 0.250. The zero-order chi connectivity index (χ0) is 17.8. The Morgan fingerprint density at radius 1 is 1.32 bits per heavy atom. The predicted octanol–water partition coefficient (Wildman–Crippen LogP) is 4.38. The predicted molar refractivity (Wildman–Crippen MR) is 95.5 cm³/mol. The molecule has 0 radical (unpaired) electrons. The van der Waals surface area contributed by atoms with Crippen LogP contribution >= 0.6 is 22.9 Å². The van der Waals surface area contributed by atoms with Crippen molar-refractivity contribution in [2.45, 2.75) is 20.0 Å². The van der Waals surface area contributed by atoms with Gasteiger partial charge in [0.05, 0.1) is 15.8 Å². The van der Waals surface area contributed by atoms with E-state index in [1.165, 1.54) is 12.1 Å². The van der Waals surface area contributed by atoms with Gasteiger partial charge in [-0.1, -0.05) is 35.8 Å². The van der Waals surface area contributed by atoms with Crippen molar-refractivity contribution in [1.29, 1.82) is 0 Å². The van der Waals surface area contributed by atoms with Crippen LogP contribution in [0.15, 0.2) is 40.9 Å². The van der Waals surface area contributed by atoms with Crippen LogP contribution < -0.4 is 0 Å². The fourth-order valence-electron chi connectivity index (χ4n) is 2.32. The van der Waals surface area contributed by atoms with Gasteiger partial charge in [0.25, 0.3) is 5.69 Å². The topological polar surface area (TPSA) is 85.3 Å². The van der Waals surface area contributed by atoms with Gasteiger partial charge in [-0.2, -0.15) is 4.98 Å². The summed E-state index contributed by atoms with van der Waals surface area (Å²) in [5.74, 6) is 0.805. The summed E-state index contributed by atoms with van der Waals surface area (Å²) < 4.78 is 6.06. The number of aromatic nitrogens is 2. The van der Waals surface area contributed by atoms with Crippen LogP contribution in [0.1, 0.15) is 17.7 Å². The molecule has 0 spiro atoms. The summed E-state index contributed by atoms with van der Waals surface area (Å²) in [7, 11) is 0. The summed E-state index contributed by atoms with van der Waals surface area (Å²) >= 11 is 7.51. The van der Waals surface area contributed by atoms with Crippen molar-refractivity contribution in [3.63, 3.8) is 0 Å². The summed E-state index contributed by atoms with van der Waals surface area (Å²) in [5.41, 5.74) is 0.547. The van der Waals surface area contributed by atoms with Gasteiger partial charge >= 0.3 is 0 Å². The zero-order valence-electron chi connectivity index (χ0n) is 13.4. The molecule has 0 atom stereocenters. The molecule has 0 amide bonds. The Labute approximate surface area is 153 Å². The third-order valence-corrected chi connectivity index (χ3v) is 4.81. The van der Waals surface area contributed by atoms with Gasteiger partial charge in [0, 0.05) is 29.1 Å².